The van der Waals surface area contributed by atoms with E-state index in [0.717, 1.165) is 11.3 Å². The highest BCUT2D eigenvalue weighted by Gasteiger charge is 2.15. The molecule has 1 unspecified atom stereocenters. The second-order valence-corrected chi connectivity index (χ2v) is 7.88. The fourth-order valence-corrected chi connectivity index (χ4v) is 3.97. The summed E-state index contributed by atoms with van der Waals surface area (Å²) in [6.07, 6.45) is 1.58. The molecule has 1 N–H and O–H groups in total. The van der Waals surface area contributed by atoms with Crippen LogP contribution in [0.2, 0.25) is 0 Å². The Morgan fingerprint density at radius 1 is 1.07 bits per heavy atom. The van der Waals surface area contributed by atoms with E-state index in [9.17, 15) is 4.79 Å². The van der Waals surface area contributed by atoms with Gasteiger partial charge in [-0.2, -0.15) is 5.10 Å². The van der Waals surface area contributed by atoms with Gasteiger partial charge >= 0.3 is 0 Å². The van der Waals surface area contributed by atoms with Crippen LogP contribution in [0.5, 0.6) is 0 Å². The van der Waals surface area contributed by atoms with E-state index in [0.29, 0.717) is 16.2 Å². The van der Waals surface area contributed by atoms with E-state index in [1.165, 1.54) is 22.9 Å². The van der Waals surface area contributed by atoms with Crippen molar-refractivity contribution in [1.82, 2.24) is 19.7 Å². The molecule has 4 aromatic rings. The van der Waals surface area contributed by atoms with Gasteiger partial charge in [-0.05, 0) is 43.5 Å². The average Bonchev–Trinajstić information content (AvgIpc) is 3.09. The number of nitrogens with one attached hydrogen (secondary N) is 1. The summed E-state index contributed by atoms with van der Waals surface area (Å²) < 4.78 is 1.75. The van der Waals surface area contributed by atoms with Gasteiger partial charge in [-0.15, -0.1) is 0 Å². The van der Waals surface area contributed by atoms with Crippen molar-refractivity contribution in [2.45, 2.75) is 31.2 Å². The Hall–Kier alpha value is -2.86. The van der Waals surface area contributed by atoms with E-state index >= 15 is 0 Å². The normalized spacial score (nSPS) is 12.4. The lowest BCUT2D eigenvalue weighted by atomic mass is 10.1. The maximum atomic E-state index is 12.6. The lowest BCUT2D eigenvalue weighted by molar-refractivity contribution is 0.863. The molecule has 0 saturated heterocycles. The minimum atomic E-state index is -0.167. The van der Waals surface area contributed by atoms with Crippen LogP contribution in [0, 0.1) is 13.8 Å². The first-order valence-electron chi connectivity index (χ1n) is 8.81. The van der Waals surface area contributed by atoms with Gasteiger partial charge in [0.25, 0.3) is 5.56 Å². The lowest BCUT2D eigenvalue weighted by Gasteiger charge is -2.12. The molecule has 2 aromatic carbocycles. The first-order chi connectivity index (χ1) is 13.0. The SMILES string of the molecule is Cc1cccc(-n2ncc3c(=O)[nH]c(SC(C)c4ccccc4)nc32)c1C. The first-order valence-corrected chi connectivity index (χ1v) is 9.69. The summed E-state index contributed by atoms with van der Waals surface area (Å²) in [5, 5.41) is 5.69. The second kappa shape index (κ2) is 7.04. The number of aromatic amines is 1. The van der Waals surface area contributed by atoms with Crippen LogP contribution >= 0.6 is 11.8 Å². The Morgan fingerprint density at radius 3 is 2.63 bits per heavy atom. The van der Waals surface area contributed by atoms with Crippen molar-refractivity contribution in [3.63, 3.8) is 0 Å². The minimum absolute atomic E-state index is 0.167. The van der Waals surface area contributed by atoms with Gasteiger partial charge in [0.15, 0.2) is 10.8 Å². The van der Waals surface area contributed by atoms with Gasteiger partial charge in [0, 0.05) is 5.25 Å². The molecule has 136 valence electrons. The van der Waals surface area contributed by atoms with Crippen LogP contribution in [0.15, 0.2) is 64.7 Å². The van der Waals surface area contributed by atoms with Crippen LogP contribution in [-0.4, -0.2) is 19.7 Å². The molecule has 0 bridgehead atoms. The van der Waals surface area contributed by atoms with Crippen LogP contribution < -0.4 is 5.56 Å². The van der Waals surface area contributed by atoms with Crippen molar-refractivity contribution in [2.24, 2.45) is 0 Å². The Morgan fingerprint density at radius 2 is 1.85 bits per heavy atom. The molecule has 0 spiro atoms. The Labute approximate surface area is 161 Å². The summed E-state index contributed by atoms with van der Waals surface area (Å²) in [5.41, 5.74) is 4.84. The predicted octanol–water partition coefficient (Wildman–Crippen LogP) is 4.58. The van der Waals surface area contributed by atoms with E-state index in [-0.39, 0.29) is 10.8 Å². The predicted molar refractivity (Wildman–Crippen MR) is 110 cm³/mol. The van der Waals surface area contributed by atoms with Gasteiger partial charge in [0.05, 0.1) is 11.9 Å². The van der Waals surface area contributed by atoms with Crippen LogP contribution in [0.1, 0.15) is 28.9 Å². The summed E-state index contributed by atoms with van der Waals surface area (Å²) in [4.78, 5) is 20.2. The van der Waals surface area contributed by atoms with Crippen LogP contribution in [0.25, 0.3) is 16.7 Å². The molecule has 0 aliphatic rings. The molecule has 4 rings (SSSR count). The largest absolute Gasteiger partial charge is 0.301 e. The summed E-state index contributed by atoms with van der Waals surface area (Å²) in [5.74, 6) is 0. The van der Waals surface area contributed by atoms with Gasteiger partial charge in [-0.3, -0.25) is 4.79 Å². The molecule has 0 radical (unpaired) electrons. The third-order valence-electron chi connectivity index (χ3n) is 4.78. The number of rotatable bonds is 4. The fraction of sp³-hybridized carbons (Fsp3) is 0.190. The molecule has 0 aliphatic carbocycles. The third kappa shape index (κ3) is 3.28. The highest BCUT2D eigenvalue weighted by Crippen LogP contribution is 2.32. The number of hydrogen-bond acceptors (Lipinski definition) is 4. The molecule has 2 aromatic heterocycles. The quantitative estimate of drug-likeness (QED) is 0.418. The molecule has 5 nitrogen and oxygen atoms in total. The van der Waals surface area contributed by atoms with Crippen LogP contribution in [0.3, 0.4) is 0 Å². The third-order valence-corrected chi connectivity index (χ3v) is 5.82. The summed E-state index contributed by atoms with van der Waals surface area (Å²) >= 11 is 1.53. The molecule has 0 aliphatic heterocycles. The smallest absolute Gasteiger partial charge is 0.262 e. The molecule has 0 amide bonds. The van der Waals surface area contributed by atoms with E-state index in [1.807, 2.05) is 30.3 Å². The zero-order valence-corrected chi connectivity index (χ0v) is 16.2. The van der Waals surface area contributed by atoms with Gasteiger partial charge in [-0.25, -0.2) is 9.67 Å². The highest BCUT2D eigenvalue weighted by atomic mass is 32.2. The maximum absolute atomic E-state index is 12.6. The molecule has 6 heteroatoms. The molecule has 0 fully saturated rings. The number of nitrogens with zero attached hydrogens (tertiary/aromatic N) is 3. The number of fused-ring (bicyclic) bond motifs is 1. The number of hydrogen-bond donors (Lipinski definition) is 1. The Kier molecular flexibility index (Phi) is 4.58. The monoisotopic (exact) mass is 376 g/mol. The average molecular weight is 376 g/mol. The van der Waals surface area contributed by atoms with Crippen molar-refractivity contribution in [3.05, 3.63) is 81.8 Å². The number of thioether (sulfide) groups is 1. The zero-order valence-electron chi connectivity index (χ0n) is 15.4. The van der Waals surface area contributed by atoms with Crippen LogP contribution in [0.4, 0.5) is 0 Å². The second-order valence-electron chi connectivity index (χ2n) is 6.55. The number of aryl methyl sites for hydroxylation is 1. The summed E-state index contributed by atoms with van der Waals surface area (Å²) in [6, 6.07) is 16.2. The van der Waals surface area contributed by atoms with Crippen molar-refractivity contribution >= 4 is 22.8 Å². The number of H-pyrrole nitrogens is 1. The fourth-order valence-electron chi connectivity index (χ4n) is 3.06. The van der Waals surface area contributed by atoms with E-state index in [2.05, 4.69) is 49.1 Å². The number of benzene rings is 2. The standard InChI is InChI=1S/C21H20N4OS/c1-13-8-7-11-18(14(13)2)25-19-17(12-22-25)20(26)24-21(23-19)27-15(3)16-9-5-4-6-10-16/h4-12,15H,1-3H3,(H,23,24,26). The molecular weight excluding hydrogens is 356 g/mol. The first kappa shape index (κ1) is 17.5. The topological polar surface area (TPSA) is 63.6 Å². The van der Waals surface area contributed by atoms with Crippen molar-refractivity contribution in [1.29, 1.82) is 0 Å². The molecule has 27 heavy (non-hydrogen) atoms. The van der Waals surface area contributed by atoms with E-state index in [1.54, 1.807) is 10.9 Å². The van der Waals surface area contributed by atoms with E-state index < -0.39 is 0 Å². The van der Waals surface area contributed by atoms with Gasteiger partial charge in [0.2, 0.25) is 0 Å². The zero-order chi connectivity index (χ0) is 19.0. The molecule has 2 heterocycles. The maximum Gasteiger partial charge on any atom is 0.262 e. The molecule has 0 saturated carbocycles. The Bertz CT molecular complexity index is 1160. The van der Waals surface area contributed by atoms with Gasteiger partial charge in [0.1, 0.15) is 5.39 Å². The summed E-state index contributed by atoms with van der Waals surface area (Å²) in [6.45, 7) is 6.22. The number of aromatic nitrogens is 4. The highest BCUT2D eigenvalue weighted by molar-refractivity contribution is 7.99. The molecule has 1 atom stereocenters. The van der Waals surface area contributed by atoms with Crippen molar-refractivity contribution < 1.29 is 0 Å². The minimum Gasteiger partial charge on any atom is -0.301 e. The van der Waals surface area contributed by atoms with Crippen LogP contribution in [-0.2, 0) is 0 Å². The van der Waals surface area contributed by atoms with Gasteiger partial charge < -0.3 is 4.98 Å². The lowest BCUT2D eigenvalue weighted by Crippen LogP contribution is -2.10. The Balaban J connectivity index is 1.79. The van der Waals surface area contributed by atoms with E-state index in [4.69, 9.17) is 4.98 Å². The van der Waals surface area contributed by atoms with Crippen molar-refractivity contribution in [3.8, 4) is 5.69 Å². The van der Waals surface area contributed by atoms with Gasteiger partial charge in [-0.1, -0.05) is 54.2 Å². The molecular formula is C21H20N4OS. The summed E-state index contributed by atoms with van der Waals surface area (Å²) in [7, 11) is 0. The van der Waals surface area contributed by atoms with Crippen molar-refractivity contribution in [2.75, 3.05) is 0 Å².